The first-order chi connectivity index (χ1) is 7.63. The molecule has 0 aliphatic carbocycles. The average molecular weight is 219 g/mol. The molecule has 1 heterocycles. The molecule has 0 spiro atoms. The lowest BCUT2D eigenvalue weighted by molar-refractivity contribution is 0.178. The summed E-state index contributed by atoms with van der Waals surface area (Å²) in [5.74, 6) is 0.982. The lowest BCUT2D eigenvalue weighted by Crippen LogP contribution is -2.16. The summed E-state index contributed by atoms with van der Waals surface area (Å²) in [6.45, 7) is 2.53. The SMILES string of the molecule is CNCC(O)c1ccc2c(c1)nc(C)n2C. The van der Waals surface area contributed by atoms with Gasteiger partial charge in [0.2, 0.25) is 0 Å². The summed E-state index contributed by atoms with van der Waals surface area (Å²) in [6, 6.07) is 5.90. The number of rotatable bonds is 3. The number of likely N-dealkylation sites (N-methyl/N-ethyl adjacent to an activating group) is 1. The Balaban J connectivity index is 2.44. The molecule has 86 valence electrons. The first-order valence-electron chi connectivity index (χ1n) is 5.39. The maximum atomic E-state index is 9.86. The molecule has 4 heteroatoms. The zero-order valence-electron chi connectivity index (χ0n) is 9.86. The number of aliphatic hydroxyl groups is 1. The molecule has 1 unspecified atom stereocenters. The second kappa shape index (κ2) is 4.23. The van der Waals surface area contributed by atoms with Gasteiger partial charge in [-0.25, -0.2) is 4.98 Å². The highest BCUT2D eigenvalue weighted by atomic mass is 16.3. The highest BCUT2D eigenvalue weighted by Gasteiger charge is 2.09. The smallest absolute Gasteiger partial charge is 0.106 e. The molecule has 1 aromatic heterocycles. The Morgan fingerprint density at radius 1 is 1.50 bits per heavy atom. The number of hydrogen-bond acceptors (Lipinski definition) is 3. The Morgan fingerprint density at radius 3 is 2.94 bits per heavy atom. The van der Waals surface area contributed by atoms with Crippen LogP contribution in [0.4, 0.5) is 0 Å². The molecule has 0 aliphatic rings. The van der Waals surface area contributed by atoms with Crippen LogP contribution in [0.3, 0.4) is 0 Å². The fourth-order valence-electron chi connectivity index (χ4n) is 1.86. The first kappa shape index (κ1) is 11.1. The van der Waals surface area contributed by atoms with Crippen molar-refractivity contribution in [3.63, 3.8) is 0 Å². The van der Waals surface area contributed by atoms with Gasteiger partial charge in [0.15, 0.2) is 0 Å². The van der Waals surface area contributed by atoms with E-state index in [2.05, 4.69) is 10.3 Å². The van der Waals surface area contributed by atoms with Crippen LogP contribution in [0.25, 0.3) is 11.0 Å². The van der Waals surface area contributed by atoms with E-state index < -0.39 is 6.10 Å². The van der Waals surface area contributed by atoms with Crippen LogP contribution in [0.1, 0.15) is 17.5 Å². The molecule has 16 heavy (non-hydrogen) atoms. The van der Waals surface area contributed by atoms with Crippen molar-refractivity contribution < 1.29 is 5.11 Å². The van der Waals surface area contributed by atoms with Gasteiger partial charge in [-0.2, -0.15) is 0 Å². The second-order valence-corrected chi connectivity index (χ2v) is 4.04. The molecule has 0 saturated carbocycles. The molecular formula is C12H17N3O. The monoisotopic (exact) mass is 219 g/mol. The summed E-state index contributed by atoms with van der Waals surface area (Å²) < 4.78 is 2.05. The molecule has 2 rings (SSSR count). The highest BCUT2D eigenvalue weighted by Crippen LogP contribution is 2.20. The molecular weight excluding hydrogens is 202 g/mol. The average Bonchev–Trinajstić information content (AvgIpc) is 2.55. The first-order valence-corrected chi connectivity index (χ1v) is 5.39. The molecule has 0 saturated heterocycles. The Hall–Kier alpha value is -1.39. The Morgan fingerprint density at radius 2 is 2.25 bits per heavy atom. The summed E-state index contributed by atoms with van der Waals surface area (Å²) >= 11 is 0. The zero-order chi connectivity index (χ0) is 11.7. The summed E-state index contributed by atoms with van der Waals surface area (Å²) in [6.07, 6.45) is -0.475. The minimum Gasteiger partial charge on any atom is -0.387 e. The van der Waals surface area contributed by atoms with E-state index >= 15 is 0 Å². The van der Waals surface area contributed by atoms with Crippen LogP contribution in [-0.2, 0) is 7.05 Å². The van der Waals surface area contributed by atoms with Crippen LogP contribution >= 0.6 is 0 Å². The number of nitrogens with zero attached hydrogens (tertiary/aromatic N) is 2. The standard InChI is InChI=1S/C12H17N3O/c1-8-14-10-6-9(12(16)7-13-2)4-5-11(10)15(8)3/h4-6,12-13,16H,7H2,1-3H3. The van der Waals surface area contributed by atoms with Gasteiger partial charge < -0.3 is 15.0 Å². The van der Waals surface area contributed by atoms with Gasteiger partial charge in [-0.3, -0.25) is 0 Å². The molecule has 0 bridgehead atoms. The summed E-state index contributed by atoms with van der Waals surface area (Å²) in [7, 11) is 3.82. The minimum absolute atomic E-state index is 0.475. The molecule has 4 nitrogen and oxygen atoms in total. The fourth-order valence-corrected chi connectivity index (χ4v) is 1.86. The number of fused-ring (bicyclic) bond motifs is 1. The number of hydrogen-bond donors (Lipinski definition) is 2. The van der Waals surface area contributed by atoms with Gasteiger partial charge in [-0.15, -0.1) is 0 Å². The van der Waals surface area contributed by atoms with Gasteiger partial charge in [0.25, 0.3) is 0 Å². The molecule has 2 N–H and O–H groups in total. The van der Waals surface area contributed by atoms with Crippen molar-refractivity contribution in [1.82, 2.24) is 14.9 Å². The van der Waals surface area contributed by atoms with Crippen molar-refractivity contribution in [2.45, 2.75) is 13.0 Å². The van der Waals surface area contributed by atoms with Crippen LogP contribution in [0.2, 0.25) is 0 Å². The van der Waals surface area contributed by atoms with Crippen LogP contribution in [0, 0.1) is 6.92 Å². The van der Waals surface area contributed by atoms with E-state index in [4.69, 9.17) is 0 Å². The van der Waals surface area contributed by atoms with E-state index in [-0.39, 0.29) is 0 Å². The zero-order valence-corrected chi connectivity index (χ0v) is 9.86. The number of benzene rings is 1. The maximum absolute atomic E-state index is 9.86. The van der Waals surface area contributed by atoms with E-state index in [0.717, 1.165) is 22.4 Å². The topological polar surface area (TPSA) is 50.1 Å². The van der Waals surface area contributed by atoms with Crippen molar-refractivity contribution in [2.24, 2.45) is 7.05 Å². The van der Waals surface area contributed by atoms with Crippen molar-refractivity contribution in [3.05, 3.63) is 29.6 Å². The van der Waals surface area contributed by atoms with Crippen LogP contribution in [0.15, 0.2) is 18.2 Å². The van der Waals surface area contributed by atoms with E-state index in [1.165, 1.54) is 0 Å². The van der Waals surface area contributed by atoms with Gasteiger partial charge in [-0.1, -0.05) is 6.07 Å². The number of aryl methyl sites for hydroxylation is 2. The van der Waals surface area contributed by atoms with Crippen molar-refractivity contribution >= 4 is 11.0 Å². The third-order valence-electron chi connectivity index (χ3n) is 2.91. The van der Waals surface area contributed by atoms with Crippen LogP contribution < -0.4 is 5.32 Å². The Kier molecular flexibility index (Phi) is 2.94. The normalized spacial score (nSPS) is 13.2. The fraction of sp³-hybridized carbons (Fsp3) is 0.417. The molecule has 2 aromatic rings. The molecule has 0 amide bonds. The van der Waals surface area contributed by atoms with Crippen molar-refractivity contribution in [1.29, 1.82) is 0 Å². The lowest BCUT2D eigenvalue weighted by Gasteiger charge is -2.09. The van der Waals surface area contributed by atoms with Crippen molar-refractivity contribution in [3.8, 4) is 0 Å². The van der Waals surface area contributed by atoms with E-state index in [9.17, 15) is 5.11 Å². The predicted octanol–water partition coefficient (Wildman–Crippen LogP) is 1.13. The quantitative estimate of drug-likeness (QED) is 0.813. The minimum atomic E-state index is -0.475. The maximum Gasteiger partial charge on any atom is 0.106 e. The predicted molar refractivity (Wildman–Crippen MR) is 64.3 cm³/mol. The molecule has 0 aliphatic heterocycles. The molecule has 1 aromatic carbocycles. The summed E-state index contributed by atoms with van der Waals surface area (Å²) in [5.41, 5.74) is 2.94. The van der Waals surface area contributed by atoms with E-state index in [1.54, 1.807) is 0 Å². The largest absolute Gasteiger partial charge is 0.387 e. The third-order valence-corrected chi connectivity index (χ3v) is 2.91. The summed E-state index contributed by atoms with van der Waals surface area (Å²) in [4.78, 5) is 4.45. The van der Waals surface area contributed by atoms with Crippen LogP contribution in [-0.4, -0.2) is 28.3 Å². The number of aliphatic hydroxyl groups excluding tert-OH is 1. The molecule has 0 fully saturated rings. The number of nitrogens with one attached hydrogen (secondary N) is 1. The molecule has 0 radical (unpaired) electrons. The lowest BCUT2D eigenvalue weighted by atomic mass is 10.1. The van der Waals surface area contributed by atoms with Crippen molar-refractivity contribution in [2.75, 3.05) is 13.6 Å². The molecule has 1 atom stereocenters. The number of aromatic nitrogens is 2. The van der Waals surface area contributed by atoms with E-state index in [1.807, 2.05) is 43.8 Å². The third kappa shape index (κ3) is 1.81. The van der Waals surface area contributed by atoms with Gasteiger partial charge in [-0.05, 0) is 31.7 Å². The van der Waals surface area contributed by atoms with Gasteiger partial charge >= 0.3 is 0 Å². The highest BCUT2D eigenvalue weighted by molar-refractivity contribution is 5.76. The summed E-state index contributed by atoms with van der Waals surface area (Å²) in [5, 5.41) is 12.8. The van der Waals surface area contributed by atoms with Crippen LogP contribution in [0.5, 0.6) is 0 Å². The van der Waals surface area contributed by atoms with Gasteiger partial charge in [0.05, 0.1) is 17.1 Å². The number of imidazole rings is 1. The Bertz CT molecular complexity index is 504. The Labute approximate surface area is 94.9 Å². The van der Waals surface area contributed by atoms with E-state index in [0.29, 0.717) is 6.54 Å². The van der Waals surface area contributed by atoms with Gasteiger partial charge in [0, 0.05) is 13.6 Å². The second-order valence-electron chi connectivity index (χ2n) is 4.04. The van der Waals surface area contributed by atoms with Gasteiger partial charge in [0.1, 0.15) is 5.82 Å².